The van der Waals surface area contributed by atoms with E-state index in [9.17, 15) is 0 Å². The third-order valence-electron chi connectivity index (χ3n) is 2.81. The van der Waals surface area contributed by atoms with Gasteiger partial charge in [0.05, 0.1) is 5.75 Å². The van der Waals surface area contributed by atoms with Crippen LogP contribution >= 0.6 is 11.8 Å². The maximum absolute atomic E-state index is 5.64. The van der Waals surface area contributed by atoms with Crippen LogP contribution in [0.5, 0.6) is 0 Å². The van der Waals surface area contributed by atoms with Crippen molar-refractivity contribution in [1.29, 1.82) is 0 Å². The fraction of sp³-hybridized carbons (Fsp3) is 0.286. The lowest BCUT2D eigenvalue weighted by atomic mass is 10.2. The largest absolute Gasteiger partial charge is 0.420 e. The van der Waals surface area contributed by atoms with E-state index in [1.807, 2.05) is 30.3 Å². The molecule has 0 radical (unpaired) electrons. The van der Waals surface area contributed by atoms with Gasteiger partial charge < -0.3 is 4.42 Å². The standard InChI is InChI=1S/C14H15N5OS/c1-2-6-11-15-14(19-16-11)21-9-12-17-18-13(20-12)10-7-4-3-5-8-10/h3-5,7-8H,2,6,9H2,1H3,(H,15,16,19). The van der Waals surface area contributed by atoms with Crippen molar-refractivity contribution in [3.05, 3.63) is 42.0 Å². The first kappa shape index (κ1) is 13.8. The van der Waals surface area contributed by atoms with E-state index >= 15 is 0 Å². The molecular formula is C14H15N5OS. The predicted octanol–water partition coefficient (Wildman–Crippen LogP) is 3.10. The van der Waals surface area contributed by atoms with Crippen molar-refractivity contribution in [3.63, 3.8) is 0 Å². The molecule has 7 heteroatoms. The molecule has 0 amide bonds. The van der Waals surface area contributed by atoms with Crippen LogP contribution in [0, 0.1) is 0 Å². The molecule has 1 aromatic carbocycles. The first-order valence-corrected chi connectivity index (χ1v) is 7.75. The summed E-state index contributed by atoms with van der Waals surface area (Å²) in [6, 6.07) is 9.72. The van der Waals surface area contributed by atoms with E-state index < -0.39 is 0 Å². The van der Waals surface area contributed by atoms with Crippen LogP contribution in [0.2, 0.25) is 0 Å². The smallest absolute Gasteiger partial charge is 0.247 e. The molecule has 21 heavy (non-hydrogen) atoms. The Morgan fingerprint density at radius 3 is 2.86 bits per heavy atom. The normalized spacial score (nSPS) is 10.9. The van der Waals surface area contributed by atoms with Gasteiger partial charge in [0.2, 0.25) is 16.9 Å². The van der Waals surface area contributed by atoms with Crippen LogP contribution in [0.15, 0.2) is 39.9 Å². The molecule has 0 unspecified atom stereocenters. The Labute approximate surface area is 126 Å². The second kappa shape index (κ2) is 6.53. The molecule has 108 valence electrons. The molecule has 0 saturated carbocycles. The zero-order chi connectivity index (χ0) is 14.5. The van der Waals surface area contributed by atoms with Crippen LogP contribution in [0.4, 0.5) is 0 Å². The number of aromatic nitrogens is 5. The molecule has 2 aromatic heterocycles. The Morgan fingerprint density at radius 1 is 1.19 bits per heavy atom. The lowest BCUT2D eigenvalue weighted by molar-refractivity contribution is 0.528. The molecule has 3 aromatic rings. The zero-order valence-electron chi connectivity index (χ0n) is 11.6. The fourth-order valence-corrected chi connectivity index (χ4v) is 2.48. The molecule has 0 atom stereocenters. The molecule has 0 saturated heterocycles. The lowest BCUT2D eigenvalue weighted by Gasteiger charge is -1.93. The van der Waals surface area contributed by atoms with E-state index in [0.717, 1.165) is 24.2 Å². The van der Waals surface area contributed by atoms with Gasteiger partial charge in [-0.15, -0.1) is 15.3 Å². The van der Waals surface area contributed by atoms with E-state index in [2.05, 4.69) is 32.3 Å². The van der Waals surface area contributed by atoms with E-state index in [1.54, 1.807) is 0 Å². The van der Waals surface area contributed by atoms with Crippen molar-refractivity contribution >= 4 is 11.8 Å². The highest BCUT2D eigenvalue weighted by molar-refractivity contribution is 7.98. The molecule has 6 nitrogen and oxygen atoms in total. The molecule has 0 aliphatic carbocycles. The average Bonchev–Trinajstić information content (AvgIpc) is 3.16. The molecule has 0 aliphatic rings. The number of aryl methyl sites for hydroxylation is 1. The summed E-state index contributed by atoms with van der Waals surface area (Å²) < 4.78 is 5.64. The Hall–Kier alpha value is -2.15. The molecule has 1 N–H and O–H groups in total. The van der Waals surface area contributed by atoms with Gasteiger partial charge in [0.1, 0.15) is 5.82 Å². The van der Waals surface area contributed by atoms with Crippen molar-refractivity contribution in [2.75, 3.05) is 0 Å². The van der Waals surface area contributed by atoms with E-state index in [0.29, 0.717) is 22.7 Å². The summed E-state index contributed by atoms with van der Waals surface area (Å²) in [7, 11) is 0. The van der Waals surface area contributed by atoms with Gasteiger partial charge in [-0.2, -0.15) is 0 Å². The maximum atomic E-state index is 5.64. The SMILES string of the molecule is CCCc1nc(SCc2nnc(-c3ccccc3)o2)n[nH]1. The highest BCUT2D eigenvalue weighted by Crippen LogP contribution is 2.22. The Morgan fingerprint density at radius 2 is 2.05 bits per heavy atom. The third kappa shape index (κ3) is 3.49. The summed E-state index contributed by atoms with van der Waals surface area (Å²) in [4.78, 5) is 4.39. The predicted molar refractivity (Wildman–Crippen MR) is 79.7 cm³/mol. The Bertz CT molecular complexity index is 694. The summed E-state index contributed by atoms with van der Waals surface area (Å²) in [6.45, 7) is 2.11. The molecule has 0 fully saturated rings. The summed E-state index contributed by atoms with van der Waals surface area (Å²) >= 11 is 1.48. The van der Waals surface area contributed by atoms with Crippen LogP contribution in [0.1, 0.15) is 25.1 Å². The van der Waals surface area contributed by atoms with Gasteiger partial charge in [-0.05, 0) is 18.6 Å². The van der Waals surface area contributed by atoms with Crippen molar-refractivity contribution in [2.45, 2.75) is 30.7 Å². The van der Waals surface area contributed by atoms with Gasteiger partial charge >= 0.3 is 0 Å². The van der Waals surface area contributed by atoms with Gasteiger partial charge in [0.25, 0.3) is 0 Å². The summed E-state index contributed by atoms with van der Waals surface area (Å²) in [5, 5.41) is 15.9. The lowest BCUT2D eigenvalue weighted by Crippen LogP contribution is -1.85. The van der Waals surface area contributed by atoms with Gasteiger partial charge in [-0.25, -0.2) is 4.98 Å². The van der Waals surface area contributed by atoms with Gasteiger partial charge in [-0.1, -0.05) is 36.9 Å². The first-order valence-electron chi connectivity index (χ1n) is 6.77. The summed E-state index contributed by atoms with van der Waals surface area (Å²) in [5.74, 6) is 2.58. The summed E-state index contributed by atoms with van der Waals surface area (Å²) in [6.07, 6.45) is 1.95. The van der Waals surface area contributed by atoms with Crippen LogP contribution < -0.4 is 0 Å². The molecule has 0 bridgehead atoms. The number of benzene rings is 1. The van der Waals surface area contributed by atoms with Crippen LogP contribution in [0.3, 0.4) is 0 Å². The highest BCUT2D eigenvalue weighted by atomic mass is 32.2. The third-order valence-corrected chi connectivity index (χ3v) is 3.64. The second-order valence-corrected chi connectivity index (χ2v) is 5.41. The van der Waals surface area contributed by atoms with Crippen molar-refractivity contribution in [1.82, 2.24) is 25.4 Å². The van der Waals surface area contributed by atoms with Crippen LogP contribution in [-0.4, -0.2) is 25.4 Å². The molecule has 0 aliphatic heterocycles. The molecule has 0 spiro atoms. The quantitative estimate of drug-likeness (QED) is 0.705. The minimum Gasteiger partial charge on any atom is -0.420 e. The second-order valence-electron chi connectivity index (χ2n) is 4.47. The zero-order valence-corrected chi connectivity index (χ0v) is 12.4. The molecule has 2 heterocycles. The number of H-pyrrole nitrogens is 1. The van der Waals surface area contributed by atoms with Gasteiger partial charge in [-0.3, -0.25) is 5.10 Å². The van der Waals surface area contributed by atoms with Gasteiger partial charge in [0, 0.05) is 12.0 Å². The topological polar surface area (TPSA) is 80.5 Å². The first-order chi connectivity index (χ1) is 10.3. The number of nitrogens with zero attached hydrogens (tertiary/aromatic N) is 4. The van der Waals surface area contributed by atoms with Crippen LogP contribution in [0.25, 0.3) is 11.5 Å². The van der Waals surface area contributed by atoms with Crippen molar-refractivity contribution < 1.29 is 4.42 Å². The highest BCUT2D eigenvalue weighted by Gasteiger charge is 2.10. The monoisotopic (exact) mass is 301 g/mol. The number of thioether (sulfide) groups is 1. The number of hydrogen-bond donors (Lipinski definition) is 1. The summed E-state index contributed by atoms with van der Waals surface area (Å²) in [5.41, 5.74) is 0.921. The fourth-order valence-electron chi connectivity index (χ4n) is 1.83. The molecule has 3 rings (SSSR count). The van der Waals surface area contributed by atoms with Crippen molar-refractivity contribution in [3.8, 4) is 11.5 Å². The van der Waals surface area contributed by atoms with E-state index in [4.69, 9.17) is 4.42 Å². The van der Waals surface area contributed by atoms with E-state index in [1.165, 1.54) is 11.8 Å². The minimum absolute atomic E-state index is 0.535. The number of nitrogens with one attached hydrogen (secondary N) is 1. The minimum atomic E-state index is 0.535. The average molecular weight is 301 g/mol. The maximum Gasteiger partial charge on any atom is 0.247 e. The molecular weight excluding hydrogens is 286 g/mol. The number of rotatable bonds is 6. The van der Waals surface area contributed by atoms with E-state index in [-0.39, 0.29) is 0 Å². The van der Waals surface area contributed by atoms with Crippen molar-refractivity contribution in [2.24, 2.45) is 0 Å². The Kier molecular flexibility index (Phi) is 4.30. The number of aromatic amines is 1. The van der Waals surface area contributed by atoms with Crippen LogP contribution in [-0.2, 0) is 12.2 Å². The van der Waals surface area contributed by atoms with Gasteiger partial charge in [0.15, 0.2) is 0 Å². The Balaban J connectivity index is 1.62. The number of hydrogen-bond acceptors (Lipinski definition) is 6.